The first kappa shape index (κ1) is 12.9. The third-order valence-electron chi connectivity index (χ3n) is 3.11. The fourth-order valence-electron chi connectivity index (χ4n) is 2.20. The first-order valence-electron chi connectivity index (χ1n) is 6.34. The lowest BCUT2D eigenvalue weighted by atomic mass is 10.1. The summed E-state index contributed by atoms with van der Waals surface area (Å²) in [4.78, 5) is 2.36. The standard InChI is InChI=1S/C12H25NO2/c14-10-6-2-1-3-7-12(15)11-13-8-4-5-9-13/h12,14-15H,1-11H2. The highest BCUT2D eigenvalue weighted by atomic mass is 16.3. The predicted molar refractivity (Wildman–Crippen MR) is 61.9 cm³/mol. The molecule has 0 aliphatic carbocycles. The van der Waals surface area contributed by atoms with Gasteiger partial charge in [0.1, 0.15) is 0 Å². The molecule has 0 spiro atoms. The molecule has 3 heteroatoms. The summed E-state index contributed by atoms with van der Waals surface area (Å²) in [6.07, 6.45) is 7.59. The summed E-state index contributed by atoms with van der Waals surface area (Å²) in [6.45, 7) is 3.50. The molecule has 15 heavy (non-hydrogen) atoms. The van der Waals surface area contributed by atoms with E-state index < -0.39 is 0 Å². The van der Waals surface area contributed by atoms with Crippen LogP contribution in [0.15, 0.2) is 0 Å². The molecule has 1 atom stereocenters. The Bertz CT molecular complexity index is 147. The first-order chi connectivity index (χ1) is 7.33. The van der Waals surface area contributed by atoms with Gasteiger partial charge in [-0.1, -0.05) is 19.3 Å². The van der Waals surface area contributed by atoms with Gasteiger partial charge in [-0.15, -0.1) is 0 Å². The van der Waals surface area contributed by atoms with Gasteiger partial charge in [0.25, 0.3) is 0 Å². The van der Waals surface area contributed by atoms with Crippen molar-refractivity contribution in [2.24, 2.45) is 0 Å². The topological polar surface area (TPSA) is 43.7 Å². The van der Waals surface area contributed by atoms with Gasteiger partial charge in [0.05, 0.1) is 6.10 Å². The lowest BCUT2D eigenvalue weighted by molar-refractivity contribution is 0.114. The van der Waals surface area contributed by atoms with Crippen molar-refractivity contribution >= 4 is 0 Å². The van der Waals surface area contributed by atoms with E-state index in [1.54, 1.807) is 0 Å². The van der Waals surface area contributed by atoms with Gasteiger partial charge in [-0.05, 0) is 38.8 Å². The van der Waals surface area contributed by atoms with E-state index >= 15 is 0 Å². The van der Waals surface area contributed by atoms with Crippen LogP contribution in [-0.2, 0) is 0 Å². The molecule has 90 valence electrons. The molecule has 1 aliphatic heterocycles. The van der Waals surface area contributed by atoms with Crippen molar-refractivity contribution in [1.29, 1.82) is 0 Å². The minimum Gasteiger partial charge on any atom is -0.396 e. The average molecular weight is 215 g/mol. The van der Waals surface area contributed by atoms with Gasteiger partial charge in [0.15, 0.2) is 0 Å². The van der Waals surface area contributed by atoms with Crippen LogP contribution in [-0.4, -0.2) is 47.5 Å². The maximum Gasteiger partial charge on any atom is 0.0667 e. The van der Waals surface area contributed by atoms with Crippen molar-refractivity contribution in [1.82, 2.24) is 4.90 Å². The molecule has 1 fully saturated rings. The highest BCUT2D eigenvalue weighted by molar-refractivity contribution is 4.70. The first-order valence-corrected chi connectivity index (χ1v) is 6.34. The molecule has 1 aliphatic rings. The molecule has 0 aromatic rings. The Labute approximate surface area is 93.1 Å². The molecular formula is C12H25NO2. The second-order valence-electron chi connectivity index (χ2n) is 4.59. The zero-order valence-corrected chi connectivity index (χ0v) is 9.70. The van der Waals surface area contributed by atoms with E-state index in [-0.39, 0.29) is 6.10 Å². The van der Waals surface area contributed by atoms with E-state index in [2.05, 4.69) is 4.90 Å². The Morgan fingerprint density at radius 3 is 2.33 bits per heavy atom. The smallest absolute Gasteiger partial charge is 0.0667 e. The van der Waals surface area contributed by atoms with Gasteiger partial charge in [-0.25, -0.2) is 0 Å². The molecule has 2 N–H and O–H groups in total. The third kappa shape index (κ3) is 6.13. The van der Waals surface area contributed by atoms with Crippen LogP contribution >= 0.6 is 0 Å². The van der Waals surface area contributed by atoms with Gasteiger partial charge < -0.3 is 15.1 Å². The molecule has 0 aromatic carbocycles. The van der Waals surface area contributed by atoms with E-state index in [0.29, 0.717) is 6.61 Å². The number of hydrogen-bond donors (Lipinski definition) is 2. The Morgan fingerprint density at radius 2 is 1.67 bits per heavy atom. The van der Waals surface area contributed by atoms with Crippen LogP contribution in [0.3, 0.4) is 0 Å². The Morgan fingerprint density at radius 1 is 1.00 bits per heavy atom. The number of nitrogens with zero attached hydrogens (tertiary/aromatic N) is 1. The summed E-state index contributed by atoms with van der Waals surface area (Å²) in [5, 5.41) is 18.4. The highest BCUT2D eigenvalue weighted by Crippen LogP contribution is 2.11. The Balaban J connectivity index is 1.91. The van der Waals surface area contributed by atoms with Crippen molar-refractivity contribution in [2.45, 2.75) is 51.0 Å². The summed E-state index contributed by atoms with van der Waals surface area (Å²) in [7, 11) is 0. The zero-order valence-electron chi connectivity index (χ0n) is 9.70. The van der Waals surface area contributed by atoms with Crippen LogP contribution in [0.4, 0.5) is 0 Å². The van der Waals surface area contributed by atoms with Gasteiger partial charge in [-0.2, -0.15) is 0 Å². The maximum atomic E-state index is 9.78. The maximum absolute atomic E-state index is 9.78. The predicted octanol–water partition coefficient (Wildman–Crippen LogP) is 1.39. The molecule has 3 nitrogen and oxygen atoms in total. The Hall–Kier alpha value is -0.120. The summed E-state index contributed by atoms with van der Waals surface area (Å²) >= 11 is 0. The molecule has 1 unspecified atom stereocenters. The average Bonchev–Trinajstić information content (AvgIpc) is 2.70. The van der Waals surface area contributed by atoms with E-state index in [4.69, 9.17) is 5.11 Å². The second kappa shape index (κ2) is 8.08. The van der Waals surface area contributed by atoms with Crippen molar-refractivity contribution in [3.63, 3.8) is 0 Å². The number of aliphatic hydroxyl groups is 2. The highest BCUT2D eigenvalue weighted by Gasteiger charge is 2.14. The minimum absolute atomic E-state index is 0.141. The van der Waals surface area contributed by atoms with Gasteiger partial charge in [-0.3, -0.25) is 0 Å². The monoisotopic (exact) mass is 215 g/mol. The number of aliphatic hydroxyl groups excluding tert-OH is 2. The third-order valence-corrected chi connectivity index (χ3v) is 3.11. The number of unbranched alkanes of at least 4 members (excludes halogenated alkanes) is 3. The van der Waals surface area contributed by atoms with E-state index in [0.717, 1.165) is 38.6 Å². The van der Waals surface area contributed by atoms with Crippen LogP contribution in [0, 0.1) is 0 Å². The van der Waals surface area contributed by atoms with Crippen LogP contribution in [0.2, 0.25) is 0 Å². The van der Waals surface area contributed by atoms with Crippen molar-refractivity contribution in [2.75, 3.05) is 26.2 Å². The van der Waals surface area contributed by atoms with Crippen LogP contribution < -0.4 is 0 Å². The Kier molecular flexibility index (Phi) is 6.98. The normalized spacial score (nSPS) is 19.6. The molecular weight excluding hydrogens is 190 g/mol. The largest absolute Gasteiger partial charge is 0.396 e. The lowest BCUT2D eigenvalue weighted by Crippen LogP contribution is -2.29. The van der Waals surface area contributed by atoms with Crippen LogP contribution in [0.25, 0.3) is 0 Å². The molecule has 0 bridgehead atoms. The number of β-amino-alcohol motifs (C(OH)–C–C–N with tert-alkyl or cyclic N) is 1. The van der Waals surface area contributed by atoms with Gasteiger partial charge in [0, 0.05) is 13.2 Å². The van der Waals surface area contributed by atoms with Gasteiger partial charge >= 0.3 is 0 Å². The molecule has 1 heterocycles. The molecule has 1 rings (SSSR count). The summed E-state index contributed by atoms with van der Waals surface area (Å²) in [6, 6.07) is 0. The van der Waals surface area contributed by atoms with Gasteiger partial charge in [0.2, 0.25) is 0 Å². The number of hydrogen-bond acceptors (Lipinski definition) is 3. The fraction of sp³-hybridized carbons (Fsp3) is 1.00. The van der Waals surface area contributed by atoms with Crippen molar-refractivity contribution in [3.05, 3.63) is 0 Å². The summed E-state index contributed by atoms with van der Waals surface area (Å²) in [5.41, 5.74) is 0. The molecule has 0 aromatic heterocycles. The molecule has 1 saturated heterocycles. The SMILES string of the molecule is OCCCCCCC(O)CN1CCCC1. The minimum atomic E-state index is -0.141. The quantitative estimate of drug-likeness (QED) is 0.601. The lowest BCUT2D eigenvalue weighted by Gasteiger charge is -2.19. The molecule has 0 radical (unpaired) electrons. The van der Waals surface area contributed by atoms with E-state index in [9.17, 15) is 5.11 Å². The van der Waals surface area contributed by atoms with E-state index in [1.165, 1.54) is 25.9 Å². The van der Waals surface area contributed by atoms with E-state index in [1.807, 2.05) is 0 Å². The van der Waals surface area contributed by atoms with Crippen LogP contribution in [0.5, 0.6) is 0 Å². The number of likely N-dealkylation sites (tertiary alicyclic amines) is 1. The summed E-state index contributed by atoms with van der Waals surface area (Å²) in [5.74, 6) is 0. The summed E-state index contributed by atoms with van der Waals surface area (Å²) < 4.78 is 0. The number of rotatable bonds is 8. The van der Waals surface area contributed by atoms with Crippen molar-refractivity contribution < 1.29 is 10.2 Å². The second-order valence-corrected chi connectivity index (χ2v) is 4.59. The van der Waals surface area contributed by atoms with Crippen molar-refractivity contribution in [3.8, 4) is 0 Å². The van der Waals surface area contributed by atoms with Crippen LogP contribution in [0.1, 0.15) is 44.9 Å². The molecule has 0 amide bonds. The molecule has 0 saturated carbocycles. The fourth-order valence-corrected chi connectivity index (χ4v) is 2.20. The zero-order chi connectivity index (χ0) is 10.9.